The Morgan fingerprint density at radius 3 is 2.50 bits per heavy atom. The second kappa shape index (κ2) is 6.44. The number of nitrogens with one attached hydrogen (secondary N) is 1. The number of alkyl halides is 3. The van der Waals surface area contributed by atoms with Crippen LogP contribution in [-0.2, 0) is 6.18 Å². The average molecular weight is 340 g/mol. The number of hydrazine groups is 1. The fourth-order valence-electron chi connectivity index (χ4n) is 2.04. The van der Waals surface area contributed by atoms with Crippen LogP contribution < -0.4 is 10.9 Å². The molecule has 0 fully saturated rings. The molecule has 1 N–H and O–H groups in total. The molecule has 0 bridgehead atoms. The van der Waals surface area contributed by atoms with Crippen LogP contribution in [0.1, 0.15) is 21.7 Å². The Labute approximate surface area is 135 Å². The lowest BCUT2D eigenvalue weighted by Gasteiger charge is -2.15. The highest BCUT2D eigenvalue weighted by molar-refractivity contribution is 5.91. The van der Waals surface area contributed by atoms with E-state index in [0.717, 1.165) is 22.9 Å². The Balaban J connectivity index is 2.56. The molecule has 9 heteroatoms. The molecule has 0 saturated carbocycles. The quantitative estimate of drug-likeness (QED) is 0.865. The predicted octanol–water partition coefficient (Wildman–Crippen LogP) is 1.77. The first-order chi connectivity index (χ1) is 11.1. The van der Waals surface area contributed by atoms with Crippen LogP contribution in [-0.4, -0.2) is 34.8 Å². The molecule has 0 aliphatic rings. The molecule has 1 heterocycles. The van der Waals surface area contributed by atoms with Crippen molar-refractivity contribution in [3.8, 4) is 5.69 Å². The second-order valence-corrected chi connectivity index (χ2v) is 5.29. The zero-order valence-electron chi connectivity index (χ0n) is 13.2. The minimum Gasteiger partial charge on any atom is -0.287 e. The summed E-state index contributed by atoms with van der Waals surface area (Å²) >= 11 is 0. The SMILES string of the molecule is Cc1cc(=O)c(C(=O)NN(C)C)nn1-c1cccc(C(F)(F)F)c1. The smallest absolute Gasteiger partial charge is 0.287 e. The van der Waals surface area contributed by atoms with E-state index in [1.165, 1.54) is 24.1 Å². The number of hydrogen-bond donors (Lipinski definition) is 1. The topological polar surface area (TPSA) is 67.2 Å². The Morgan fingerprint density at radius 1 is 1.25 bits per heavy atom. The van der Waals surface area contributed by atoms with Gasteiger partial charge in [-0.25, -0.2) is 9.69 Å². The number of carbonyl (C=O) groups excluding carboxylic acids is 1. The Morgan fingerprint density at radius 2 is 1.92 bits per heavy atom. The van der Waals surface area contributed by atoms with Crippen molar-refractivity contribution in [3.05, 3.63) is 57.5 Å². The minimum atomic E-state index is -4.51. The van der Waals surface area contributed by atoms with Gasteiger partial charge in [-0.05, 0) is 25.1 Å². The molecule has 1 aromatic heterocycles. The van der Waals surface area contributed by atoms with E-state index in [1.54, 1.807) is 14.1 Å². The fraction of sp³-hybridized carbons (Fsp3) is 0.267. The number of nitrogens with zero attached hydrogens (tertiary/aromatic N) is 3. The predicted molar refractivity (Wildman–Crippen MR) is 80.7 cm³/mol. The lowest BCUT2D eigenvalue weighted by atomic mass is 10.2. The van der Waals surface area contributed by atoms with E-state index in [9.17, 15) is 22.8 Å². The number of benzene rings is 1. The first-order valence-electron chi connectivity index (χ1n) is 6.86. The van der Waals surface area contributed by atoms with E-state index in [0.29, 0.717) is 5.69 Å². The summed E-state index contributed by atoms with van der Waals surface area (Å²) in [6, 6.07) is 5.63. The highest BCUT2D eigenvalue weighted by Crippen LogP contribution is 2.30. The van der Waals surface area contributed by atoms with E-state index >= 15 is 0 Å². The molecule has 1 aromatic carbocycles. The summed E-state index contributed by atoms with van der Waals surface area (Å²) in [6.45, 7) is 1.52. The summed E-state index contributed by atoms with van der Waals surface area (Å²) in [4.78, 5) is 23.9. The summed E-state index contributed by atoms with van der Waals surface area (Å²) in [7, 11) is 3.11. The number of aromatic nitrogens is 2. The van der Waals surface area contributed by atoms with Crippen LogP contribution in [0.4, 0.5) is 13.2 Å². The van der Waals surface area contributed by atoms with E-state index < -0.39 is 28.8 Å². The monoisotopic (exact) mass is 340 g/mol. The van der Waals surface area contributed by atoms with Crippen LogP contribution in [0, 0.1) is 6.92 Å². The fourth-order valence-corrected chi connectivity index (χ4v) is 2.04. The van der Waals surface area contributed by atoms with Crippen molar-refractivity contribution in [1.29, 1.82) is 0 Å². The molecule has 0 radical (unpaired) electrons. The number of carbonyl (C=O) groups is 1. The third-order valence-electron chi connectivity index (χ3n) is 3.07. The van der Waals surface area contributed by atoms with Crippen molar-refractivity contribution in [2.24, 2.45) is 0 Å². The molecule has 24 heavy (non-hydrogen) atoms. The highest BCUT2D eigenvalue weighted by Gasteiger charge is 2.30. The normalized spacial score (nSPS) is 11.6. The standard InChI is InChI=1S/C15H15F3N4O2/c1-9-7-12(23)13(14(24)20-21(2)3)19-22(9)11-6-4-5-10(8-11)15(16,17)18/h4-8H,1-3H3,(H,20,24). The largest absolute Gasteiger partial charge is 0.416 e. The molecule has 0 unspecified atom stereocenters. The van der Waals surface area contributed by atoms with Crippen LogP contribution in [0.2, 0.25) is 0 Å². The third-order valence-corrected chi connectivity index (χ3v) is 3.07. The lowest BCUT2D eigenvalue weighted by Crippen LogP contribution is -2.39. The molecule has 0 aliphatic heterocycles. The van der Waals surface area contributed by atoms with Crippen molar-refractivity contribution in [2.75, 3.05) is 14.1 Å². The minimum absolute atomic E-state index is 0.0984. The molecular weight excluding hydrogens is 325 g/mol. The van der Waals surface area contributed by atoms with Gasteiger partial charge in [-0.2, -0.15) is 18.3 Å². The number of amides is 1. The van der Waals surface area contributed by atoms with Gasteiger partial charge >= 0.3 is 6.18 Å². The molecule has 2 aromatic rings. The maximum atomic E-state index is 12.8. The Hall–Kier alpha value is -2.68. The Bertz CT molecular complexity index is 828. The first kappa shape index (κ1) is 17.7. The summed E-state index contributed by atoms with van der Waals surface area (Å²) in [6.07, 6.45) is -4.51. The third kappa shape index (κ3) is 3.80. The van der Waals surface area contributed by atoms with Gasteiger partial charge in [-0.15, -0.1) is 0 Å². The number of halogens is 3. The molecular formula is C15H15F3N4O2. The molecule has 6 nitrogen and oxygen atoms in total. The van der Waals surface area contributed by atoms with Gasteiger partial charge in [0.15, 0.2) is 5.69 Å². The summed E-state index contributed by atoms with van der Waals surface area (Å²) in [5, 5.41) is 5.25. The zero-order valence-corrected chi connectivity index (χ0v) is 13.2. The molecule has 0 spiro atoms. The molecule has 0 aliphatic carbocycles. The highest BCUT2D eigenvalue weighted by atomic mass is 19.4. The van der Waals surface area contributed by atoms with Crippen LogP contribution >= 0.6 is 0 Å². The molecule has 1 amide bonds. The lowest BCUT2D eigenvalue weighted by molar-refractivity contribution is -0.137. The van der Waals surface area contributed by atoms with Crippen molar-refractivity contribution < 1.29 is 18.0 Å². The van der Waals surface area contributed by atoms with Gasteiger partial charge in [-0.3, -0.25) is 15.0 Å². The molecule has 0 saturated heterocycles. The van der Waals surface area contributed by atoms with Gasteiger partial charge in [0.25, 0.3) is 5.91 Å². The van der Waals surface area contributed by atoms with Gasteiger partial charge in [0.1, 0.15) is 0 Å². The molecule has 2 rings (SSSR count). The van der Waals surface area contributed by atoms with Crippen LogP contribution in [0.15, 0.2) is 35.1 Å². The number of hydrogen-bond acceptors (Lipinski definition) is 4. The molecule has 128 valence electrons. The number of rotatable bonds is 3. The summed E-state index contributed by atoms with van der Waals surface area (Å²) in [5.41, 5.74) is 0.903. The van der Waals surface area contributed by atoms with Crippen molar-refractivity contribution in [2.45, 2.75) is 13.1 Å². The molecule has 0 atom stereocenters. The van der Waals surface area contributed by atoms with E-state index in [-0.39, 0.29) is 5.69 Å². The van der Waals surface area contributed by atoms with Gasteiger partial charge in [0.05, 0.1) is 11.3 Å². The summed E-state index contributed by atoms with van der Waals surface area (Å²) < 4.78 is 39.7. The maximum absolute atomic E-state index is 12.8. The van der Waals surface area contributed by atoms with Crippen LogP contribution in [0.25, 0.3) is 5.69 Å². The van der Waals surface area contributed by atoms with Crippen molar-refractivity contribution in [1.82, 2.24) is 20.2 Å². The van der Waals surface area contributed by atoms with Crippen molar-refractivity contribution in [3.63, 3.8) is 0 Å². The van der Waals surface area contributed by atoms with Gasteiger partial charge in [-0.1, -0.05) is 6.07 Å². The van der Waals surface area contributed by atoms with Gasteiger partial charge in [0, 0.05) is 25.9 Å². The maximum Gasteiger partial charge on any atom is 0.416 e. The second-order valence-electron chi connectivity index (χ2n) is 5.29. The zero-order chi connectivity index (χ0) is 18.1. The van der Waals surface area contributed by atoms with Crippen LogP contribution in [0.3, 0.4) is 0 Å². The van der Waals surface area contributed by atoms with Crippen LogP contribution in [0.5, 0.6) is 0 Å². The Kier molecular flexibility index (Phi) is 4.74. The van der Waals surface area contributed by atoms with Gasteiger partial charge < -0.3 is 0 Å². The van der Waals surface area contributed by atoms with Gasteiger partial charge in [0.2, 0.25) is 5.43 Å². The van der Waals surface area contributed by atoms with E-state index in [2.05, 4.69) is 10.5 Å². The van der Waals surface area contributed by atoms with Crippen molar-refractivity contribution >= 4 is 5.91 Å². The average Bonchev–Trinajstić information content (AvgIpc) is 2.45. The van der Waals surface area contributed by atoms with E-state index in [4.69, 9.17) is 0 Å². The summed E-state index contributed by atoms with van der Waals surface area (Å²) in [5.74, 6) is -0.745. The number of aryl methyl sites for hydroxylation is 1. The first-order valence-corrected chi connectivity index (χ1v) is 6.86. The van der Waals surface area contributed by atoms with E-state index in [1.807, 2.05) is 0 Å².